The number of ether oxygens (including phenoxy) is 1. The van der Waals surface area contributed by atoms with Gasteiger partial charge in [0.2, 0.25) is 0 Å². The van der Waals surface area contributed by atoms with Gasteiger partial charge in [0.05, 0.1) is 5.92 Å². The molecule has 2 atom stereocenters. The fourth-order valence-electron chi connectivity index (χ4n) is 1.46. The van der Waals surface area contributed by atoms with Gasteiger partial charge in [-0.15, -0.1) is 0 Å². The van der Waals surface area contributed by atoms with E-state index in [1.54, 1.807) is 0 Å². The summed E-state index contributed by atoms with van der Waals surface area (Å²) in [5.41, 5.74) is 5.50. The van der Waals surface area contributed by atoms with Gasteiger partial charge in [-0.3, -0.25) is 0 Å². The van der Waals surface area contributed by atoms with Crippen molar-refractivity contribution < 1.29 is 13.5 Å². The van der Waals surface area contributed by atoms with Crippen molar-refractivity contribution in [3.05, 3.63) is 0 Å². The summed E-state index contributed by atoms with van der Waals surface area (Å²) in [5.74, 6) is -3.60. The SMILES string of the molecule is COCC(F)(F)C1CNCC1N. The second kappa shape index (κ2) is 3.64. The largest absolute Gasteiger partial charge is 0.378 e. The van der Waals surface area contributed by atoms with Gasteiger partial charge >= 0.3 is 0 Å². The Morgan fingerprint density at radius 3 is 2.67 bits per heavy atom. The zero-order valence-electron chi connectivity index (χ0n) is 7.02. The molecule has 1 aliphatic heterocycles. The van der Waals surface area contributed by atoms with E-state index in [0.717, 1.165) is 0 Å². The number of nitrogens with two attached hydrogens (primary N) is 1. The Bertz CT molecular complexity index is 154. The van der Waals surface area contributed by atoms with Crippen LogP contribution in [0, 0.1) is 5.92 Å². The van der Waals surface area contributed by atoms with Crippen molar-refractivity contribution in [2.75, 3.05) is 26.8 Å². The van der Waals surface area contributed by atoms with Crippen molar-refractivity contribution in [3.8, 4) is 0 Å². The van der Waals surface area contributed by atoms with Gasteiger partial charge in [-0.05, 0) is 0 Å². The van der Waals surface area contributed by atoms with E-state index in [4.69, 9.17) is 5.73 Å². The molecular weight excluding hydrogens is 166 g/mol. The first-order chi connectivity index (χ1) is 5.58. The van der Waals surface area contributed by atoms with Crippen LogP contribution in [0.2, 0.25) is 0 Å². The molecule has 1 saturated heterocycles. The van der Waals surface area contributed by atoms with Crippen LogP contribution in [0.15, 0.2) is 0 Å². The molecule has 1 heterocycles. The van der Waals surface area contributed by atoms with Gasteiger partial charge in [0.15, 0.2) is 0 Å². The first-order valence-corrected chi connectivity index (χ1v) is 3.91. The molecule has 3 N–H and O–H groups in total. The van der Waals surface area contributed by atoms with E-state index in [1.807, 2.05) is 0 Å². The number of alkyl halides is 2. The zero-order valence-corrected chi connectivity index (χ0v) is 7.02. The molecule has 0 aliphatic carbocycles. The van der Waals surface area contributed by atoms with Gasteiger partial charge in [-0.1, -0.05) is 0 Å². The maximum Gasteiger partial charge on any atom is 0.276 e. The smallest absolute Gasteiger partial charge is 0.276 e. The molecule has 3 nitrogen and oxygen atoms in total. The topological polar surface area (TPSA) is 47.3 Å². The molecule has 0 bridgehead atoms. The summed E-state index contributed by atoms with van der Waals surface area (Å²) in [4.78, 5) is 0. The summed E-state index contributed by atoms with van der Waals surface area (Å²) < 4.78 is 30.7. The highest BCUT2D eigenvalue weighted by Gasteiger charge is 2.45. The molecule has 2 unspecified atom stereocenters. The fourth-order valence-corrected chi connectivity index (χ4v) is 1.46. The third-order valence-corrected chi connectivity index (χ3v) is 2.14. The van der Waals surface area contributed by atoms with E-state index < -0.39 is 24.5 Å². The lowest BCUT2D eigenvalue weighted by atomic mass is 9.97. The lowest BCUT2D eigenvalue weighted by Gasteiger charge is -2.24. The molecule has 0 amide bonds. The highest BCUT2D eigenvalue weighted by molar-refractivity contribution is 4.92. The van der Waals surface area contributed by atoms with Crippen LogP contribution in [0.1, 0.15) is 0 Å². The first kappa shape index (κ1) is 9.83. The second-order valence-electron chi connectivity index (χ2n) is 3.12. The monoisotopic (exact) mass is 180 g/mol. The highest BCUT2D eigenvalue weighted by Crippen LogP contribution is 2.28. The minimum Gasteiger partial charge on any atom is -0.378 e. The number of rotatable bonds is 3. The molecule has 5 heteroatoms. The molecule has 1 fully saturated rings. The van der Waals surface area contributed by atoms with Gasteiger partial charge in [0.1, 0.15) is 6.61 Å². The third-order valence-electron chi connectivity index (χ3n) is 2.14. The molecule has 0 aromatic carbocycles. The summed E-state index contributed by atoms with van der Waals surface area (Å²) in [7, 11) is 1.27. The van der Waals surface area contributed by atoms with E-state index in [9.17, 15) is 8.78 Å². The lowest BCUT2D eigenvalue weighted by molar-refractivity contribution is -0.105. The summed E-state index contributed by atoms with van der Waals surface area (Å²) >= 11 is 0. The standard InChI is InChI=1S/C7H14F2N2O/c1-12-4-7(8,9)5-2-11-3-6(5)10/h5-6,11H,2-4,10H2,1H3. The molecule has 1 rings (SSSR count). The summed E-state index contributed by atoms with van der Waals surface area (Å²) in [6.07, 6.45) is 0. The number of halogens is 2. The van der Waals surface area contributed by atoms with Gasteiger partial charge in [0, 0.05) is 26.2 Å². The van der Waals surface area contributed by atoms with Crippen molar-refractivity contribution >= 4 is 0 Å². The van der Waals surface area contributed by atoms with E-state index in [-0.39, 0.29) is 6.54 Å². The van der Waals surface area contributed by atoms with Crippen LogP contribution in [0.3, 0.4) is 0 Å². The highest BCUT2D eigenvalue weighted by atomic mass is 19.3. The van der Waals surface area contributed by atoms with E-state index in [1.165, 1.54) is 7.11 Å². The van der Waals surface area contributed by atoms with Crippen molar-refractivity contribution in [2.24, 2.45) is 11.7 Å². The van der Waals surface area contributed by atoms with Crippen LogP contribution >= 0.6 is 0 Å². The Labute approximate surface area is 70.3 Å². The number of hydrogen-bond donors (Lipinski definition) is 2. The molecule has 0 spiro atoms. The van der Waals surface area contributed by atoms with Crippen molar-refractivity contribution in [1.82, 2.24) is 5.32 Å². The van der Waals surface area contributed by atoms with Crippen LogP contribution in [-0.2, 0) is 4.74 Å². The predicted molar refractivity (Wildman–Crippen MR) is 41.2 cm³/mol. The quantitative estimate of drug-likeness (QED) is 0.633. The molecule has 12 heavy (non-hydrogen) atoms. The molecule has 0 saturated carbocycles. The molecule has 1 aliphatic rings. The fraction of sp³-hybridized carbons (Fsp3) is 1.00. The first-order valence-electron chi connectivity index (χ1n) is 3.91. The molecular formula is C7H14F2N2O. The normalized spacial score (nSPS) is 31.0. The molecule has 0 radical (unpaired) electrons. The van der Waals surface area contributed by atoms with Crippen LogP contribution in [0.25, 0.3) is 0 Å². The third kappa shape index (κ3) is 1.91. The number of hydrogen-bond acceptors (Lipinski definition) is 3. The van der Waals surface area contributed by atoms with Crippen LogP contribution in [0.4, 0.5) is 8.78 Å². The minimum atomic E-state index is -2.81. The average molecular weight is 180 g/mol. The Morgan fingerprint density at radius 1 is 1.58 bits per heavy atom. The molecule has 72 valence electrons. The number of methoxy groups -OCH3 is 1. The van der Waals surface area contributed by atoms with E-state index >= 15 is 0 Å². The van der Waals surface area contributed by atoms with Crippen molar-refractivity contribution in [1.29, 1.82) is 0 Å². The van der Waals surface area contributed by atoms with Crippen molar-refractivity contribution in [2.45, 2.75) is 12.0 Å². The maximum absolute atomic E-state index is 13.1. The minimum absolute atomic E-state index is 0.275. The van der Waals surface area contributed by atoms with Gasteiger partial charge < -0.3 is 15.8 Å². The van der Waals surface area contributed by atoms with Crippen LogP contribution < -0.4 is 11.1 Å². The Kier molecular flexibility index (Phi) is 2.98. The van der Waals surface area contributed by atoms with Gasteiger partial charge in [-0.2, -0.15) is 0 Å². The Hall–Kier alpha value is -0.260. The summed E-state index contributed by atoms with van der Waals surface area (Å²) in [5, 5.41) is 2.83. The van der Waals surface area contributed by atoms with Gasteiger partial charge in [0.25, 0.3) is 5.92 Å². The Balaban J connectivity index is 2.54. The van der Waals surface area contributed by atoms with Crippen LogP contribution in [-0.4, -0.2) is 38.8 Å². The lowest BCUT2D eigenvalue weighted by Crippen LogP contribution is -2.43. The second-order valence-corrected chi connectivity index (χ2v) is 3.12. The summed E-state index contributed by atoms with van der Waals surface area (Å²) in [6, 6.07) is -0.463. The molecule has 0 aromatic rings. The maximum atomic E-state index is 13.1. The number of nitrogens with one attached hydrogen (secondary N) is 1. The van der Waals surface area contributed by atoms with Crippen LogP contribution in [0.5, 0.6) is 0 Å². The van der Waals surface area contributed by atoms with Crippen molar-refractivity contribution in [3.63, 3.8) is 0 Å². The van der Waals surface area contributed by atoms with Gasteiger partial charge in [-0.25, -0.2) is 8.78 Å². The average Bonchev–Trinajstić information content (AvgIpc) is 2.35. The zero-order chi connectivity index (χ0) is 9.19. The van der Waals surface area contributed by atoms with E-state index in [2.05, 4.69) is 10.1 Å². The molecule has 0 aromatic heterocycles. The summed E-state index contributed by atoms with van der Waals surface area (Å²) in [6.45, 7) is 0.189. The Morgan fingerprint density at radius 2 is 2.25 bits per heavy atom. The predicted octanol–water partition coefficient (Wildman–Crippen LogP) is -0.185. The van der Waals surface area contributed by atoms with E-state index in [0.29, 0.717) is 6.54 Å².